The molecule has 2 aromatic heterocycles. The number of carbonyl (C=O) groups is 1. The van der Waals surface area contributed by atoms with E-state index in [2.05, 4.69) is 40.3 Å². The third kappa shape index (κ3) is 5.25. The van der Waals surface area contributed by atoms with E-state index in [9.17, 15) is 4.79 Å². The molecule has 0 radical (unpaired) electrons. The Kier molecular flexibility index (Phi) is 6.56. The van der Waals surface area contributed by atoms with Gasteiger partial charge in [-0.3, -0.25) is 14.4 Å². The first-order valence-corrected chi connectivity index (χ1v) is 11.1. The van der Waals surface area contributed by atoms with Gasteiger partial charge in [0.25, 0.3) is 5.91 Å². The molecule has 0 saturated carbocycles. The molecule has 164 valence electrons. The molecule has 1 aliphatic rings. The lowest BCUT2D eigenvalue weighted by Gasteiger charge is -2.39. The van der Waals surface area contributed by atoms with Crippen molar-refractivity contribution < 1.29 is 9.21 Å². The summed E-state index contributed by atoms with van der Waals surface area (Å²) in [6, 6.07) is 16.5. The van der Waals surface area contributed by atoms with Crippen molar-refractivity contribution in [3.05, 3.63) is 77.5 Å². The van der Waals surface area contributed by atoms with Gasteiger partial charge in [0.15, 0.2) is 0 Å². The molecule has 0 aliphatic carbocycles. The number of carbonyl (C=O) groups excluding carboxylic acids is 1. The molecule has 0 bridgehead atoms. The number of nitrogens with zero attached hydrogens (tertiary/aromatic N) is 4. The minimum absolute atomic E-state index is 0.00461. The van der Waals surface area contributed by atoms with E-state index < -0.39 is 0 Å². The van der Waals surface area contributed by atoms with Crippen molar-refractivity contribution in [2.24, 2.45) is 13.0 Å². The van der Waals surface area contributed by atoms with Crippen LogP contribution in [0.4, 0.5) is 0 Å². The van der Waals surface area contributed by atoms with Crippen LogP contribution in [0.25, 0.3) is 0 Å². The summed E-state index contributed by atoms with van der Waals surface area (Å²) in [5.41, 5.74) is 1.77. The molecular weight excluding hydrogens is 388 g/mol. The van der Waals surface area contributed by atoms with Crippen LogP contribution in [-0.4, -0.2) is 51.7 Å². The van der Waals surface area contributed by atoms with E-state index in [0.29, 0.717) is 11.6 Å². The van der Waals surface area contributed by atoms with Gasteiger partial charge in [-0.15, -0.1) is 0 Å². The Morgan fingerprint density at radius 1 is 1.16 bits per heavy atom. The number of furan rings is 1. The van der Waals surface area contributed by atoms with Crippen molar-refractivity contribution in [2.75, 3.05) is 20.1 Å². The average molecular weight is 421 g/mol. The van der Waals surface area contributed by atoms with E-state index in [0.717, 1.165) is 50.4 Å². The quantitative estimate of drug-likeness (QED) is 0.581. The fourth-order valence-corrected chi connectivity index (χ4v) is 4.62. The van der Waals surface area contributed by atoms with Gasteiger partial charge in [-0.1, -0.05) is 30.3 Å². The maximum atomic E-state index is 13.2. The zero-order valence-electron chi connectivity index (χ0n) is 18.7. The maximum Gasteiger partial charge on any atom is 0.274 e. The largest absolute Gasteiger partial charge is 0.465 e. The van der Waals surface area contributed by atoms with Crippen LogP contribution < -0.4 is 0 Å². The van der Waals surface area contributed by atoms with Crippen LogP contribution in [-0.2, 0) is 20.0 Å². The Morgan fingerprint density at radius 3 is 2.52 bits per heavy atom. The van der Waals surface area contributed by atoms with Gasteiger partial charge in [0.2, 0.25) is 0 Å². The van der Waals surface area contributed by atoms with E-state index >= 15 is 0 Å². The van der Waals surface area contributed by atoms with E-state index in [1.165, 1.54) is 5.56 Å². The molecule has 1 aromatic carbocycles. The molecule has 1 fully saturated rings. The summed E-state index contributed by atoms with van der Waals surface area (Å²) in [5.74, 6) is 2.43. The molecular formula is C25H32N4O2. The number of hydrogen-bond donors (Lipinski definition) is 0. The summed E-state index contributed by atoms with van der Waals surface area (Å²) in [6.07, 6.45) is 4.81. The summed E-state index contributed by atoms with van der Waals surface area (Å²) in [6.45, 7) is 4.87. The molecule has 6 nitrogen and oxygen atoms in total. The van der Waals surface area contributed by atoms with Gasteiger partial charge in [0, 0.05) is 26.3 Å². The lowest BCUT2D eigenvalue weighted by molar-refractivity contribution is 0.0573. The summed E-state index contributed by atoms with van der Waals surface area (Å²) >= 11 is 0. The predicted molar refractivity (Wildman–Crippen MR) is 121 cm³/mol. The van der Waals surface area contributed by atoms with Crippen LogP contribution in [0.3, 0.4) is 0 Å². The lowest BCUT2D eigenvalue weighted by Crippen LogP contribution is -2.47. The molecule has 1 unspecified atom stereocenters. The zero-order chi connectivity index (χ0) is 21.8. The Bertz CT molecular complexity index is 986. The third-order valence-electron chi connectivity index (χ3n) is 6.39. The van der Waals surface area contributed by atoms with Crippen LogP contribution in [0.2, 0.25) is 0 Å². The second kappa shape index (κ2) is 9.52. The lowest BCUT2D eigenvalue weighted by atomic mass is 9.85. The van der Waals surface area contributed by atoms with E-state index in [1.807, 2.05) is 44.2 Å². The van der Waals surface area contributed by atoms with Gasteiger partial charge in [0.05, 0.1) is 6.54 Å². The smallest absolute Gasteiger partial charge is 0.274 e. The number of likely N-dealkylation sites (N-methyl/N-ethyl adjacent to an activating group) is 1. The second-order valence-corrected chi connectivity index (χ2v) is 8.67. The summed E-state index contributed by atoms with van der Waals surface area (Å²) in [7, 11) is 3.77. The highest BCUT2D eigenvalue weighted by Crippen LogP contribution is 2.28. The SMILES string of the molecule is Cc1ccc(CN2CCC(C(Cc3ccccc3)N(C)C(=O)c3ccn(C)n3)CC2)o1. The van der Waals surface area contributed by atoms with Crippen molar-refractivity contribution in [3.63, 3.8) is 0 Å². The number of hydrogen-bond acceptors (Lipinski definition) is 4. The van der Waals surface area contributed by atoms with Gasteiger partial charge in [0.1, 0.15) is 17.2 Å². The molecule has 1 amide bonds. The summed E-state index contributed by atoms with van der Waals surface area (Å²) in [5, 5.41) is 4.33. The number of rotatable bonds is 7. The van der Waals surface area contributed by atoms with E-state index in [4.69, 9.17) is 4.42 Å². The molecule has 31 heavy (non-hydrogen) atoms. The minimum atomic E-state index is -0.00461. The highest BCUT2D eigenvalue weighted by molar-refractivity contribution is 5.92. The average Bonchev–Trinajstić information content (AvgIpc) is 3.40. The second-order valence-electron chi connectivity index (χ2n) is 8.67. The summed E-state index contributed by atoms with van der Waals surface area (Å²) < 4.78 is 7.44. The monoisotopic (exact) mass is 420 g/mol. The van der Waals surface area contributed by atoms with E-state index in [1.54, 1.807) is 10.7 Å². The molecule has 0 N–H and O–H groups in total. The fourth-order valence-electron chi connectivity index (χ4n) is 4.62. The highest BCUT2D eigenvalue weighted by atomic mass is 16.3. The molecule has 1 atom stereocenters. The van der Waals surface area contributed by atoms with Gasteiger partial charge in [-0.2, -0.15) is 5.10 Å². The van der Waals surface area contributed by atoms with Crippen LogP contribution in [0.15, 0.2) is 59.1 Å². The first kappa shape index (κ1) is 21.4. The van der Waals surface area contributed by atoms with Gasteiger partial charge < -0.3 is 9.32 Å². The Balaban J connectivity index is 1.46. The number of amides is 1. The Labute approximate surface area is 184 Å². The van der Waals surface area contributed by atoms with Crippen molar-refractivity contribution in [3.8, 4) is 0 Å². The molecule has 6 heteroatoms. The van der Waals surface area contributed by atoms with Crippen molar-refractivity contribution in [2.45, 2.75) is 38.8 Å². The Morgan fingerprint density at radius 2 is 1.90 bits per heavy atom. The first-order valence-electron chi connectivity index (χ1n) is 11.1. The Hall–Kier alpha value is -2.86. The molecule has 3 heterocycles. The van der Waals surface area contributed by atoms with Crippen LogP contribution >= 0.6 is 0 Å². The summed E-state index contributed by atoms with van der Waals surface area (Å²) in [4.78, 5) is 17.5. The first-order chi connectivity index (χ1) is 15.0. The minimum Gasteiger partial charge on any atom is -0.465 e. The van der Waals surface area contributed by atoms with Gasteiger partial charge in [-0.25, -0.2) is 0 Å². The van der Waals surface area contributed by atoms with E-state index in [-0.39, 0.29) is 11.9 Å². The predicted octanol–water partition coefficient (Wildman–Crippen LogP) is 3.92. The van der Waals surface area contributed by atoms with Crippen molar-refractivity contribution >= 4 is 5.91 Å². The standard InChI is InChI=1S/C25H32N4O2/c1-19-9-10-22(31-19)18-29-15-11-21(12-16-29)24(17-20-7-5-4-6-8-20)28(3)25(30)23-13-14-27(2)26-23/h4-10,13-14,21,24H,11-12,15-18H2,1-3H3. The van der Waals surface area contributed by atoms with Gasteiger partial charge >= 0.3 is 0 Å². The number of benzene rings is 1. The van der Waals surface area contributed by atoms with Crippen molar-refractivity contribution in [1.82, 2.24) is 19.6 Å². The maximum absolute atomic E-state index is 13.2. The molecule has 4 rings (SSSR count). The molecule has 3 aromatic rings. The van der Waals surface area contributed by atoms with Crippen molar-refractivity contribution in [1.29, 1.82) is 0 Å². The molecule has 1 saturated heterocycles. The normalized spacial score (nSPS) is 16.4. The van der Waals surface area contributed by atoms with Crippen LogP contribution in [0, 0.1) is 12.8 Å². The third-order valence-corrected chi connectivity index (χ3v) is 6.39. The number of aryl methyl sites for hydroxylation is 2. The number of piperidine rings is 1. The number of likely N-dealkylation sites (tertiary alicyclic amines) is 1. The molecule has 0 spiro atoms. The number of aromatic nitrogens is 2. The topological polar surface area (TPSA) is 54.5 Å². The van der Waals surface area contributed by atoms with Crippen LogP contribution in [0.5, 0.6) is 0 Å². The highest BCUT2D eigenvalue weighted by Gasteiger charge is 2.32. The molecule has 1 aliphatic heterocycles. The van der Waals surface area contributed by atoms with Crippen LogP contribution in [0.1, 0.15) is 40.4 Å². The zero-order valence-corrected chi connectivity index (χ0v) is 18.7. The fraction of sp³-hybridized carbons (Fsp3) is 0.440. The van der Waals surface area contributed by atoms with Gasteiger partial charge in [-0.05, 0) is 69.0 Å².